The van der Waals surface area contributed by atoms with Crippen LogP contribution in [0.25, 0.3) is 0 Å². The second-order valence-electron chi connectivity index (χ2n) is 3.78. The number of hydrogen-bond acceptors (Lipinski definition) is 4. The monoisotopic (exact) mass is 208 g/mol. The van der Waals surface area contributed by atoms with Gasteiger partial charge in [-0.05, 0) is 27.2 Å². The predicted octanol–water partition coefficient (Wildman–Crippen LogP) is 1.99. The van der Waals surface area contributed by atoms with Gasteiger partial charge >= 0.3 is 0 Å². The van der Waals surface area contributed by atoms with E-state index in [2.05, 4.69) is 35.6 Å². The van der Waals surface area contributed by atoms with E-state index in [1.807, 2.05) is 6.92 Å². The molecule has 1 aromatic heterocycles. The minimum Gasteiger partial charge on any atom is -0.368 e. The zero-order valence-electron chi connectivity index (χ0n) is 9.99. The highest BCUT2D eigenvalue weighted by Gasteiger charge is 2.14. The van der Waals surface area contributed by atoms with Gasteiger partial charge in [-0.1, -0.05) is 6.92 Å². The van der Waals surface area contributed by atoms with Gasteiger partial charge in [-0.25, -0.2) is 4.98 Å². The Morgan fingerprint density at radius 1 is 1.47 bits per heavy atom. The van der Waals surface area contributed by atoms with Crippen LogP contribution in [0.15, 0.2) is 6.20 Å². The van der Waals surface area contributed by atoms with Gasteiger partial charge in [-0.15, -0.1) is 0 Å². The summed E-state index contributed by atoms with van der Waals surface area (Å²) in [5.41, 5.74) is 6.69. The Morgan fingerprint density at radius 3 is 2.67 bits per heavy atom. The molecule has 1 heterocycles. The lowest BCUT2D eigenvalue weighted by atomic mass is 10.2. The smallest absolute Gasteiger partial charge is 0.221 e. The number of hydrogen-bond donors (Lipinski definition) is 1. The second kappa shape index (κ2) is 4.96. The molecular formula is C11H20N4. The van der Waals surface area contributed by atoms with Crippen LogP contribution in [-0.2, 0) is 0 Å². The predicted molar refractivity (Wildman–Crippen MR) is 64.0 cm³/mol. The molecule has 4 heteroatoms. The Bertz CT molecular complexity index is 324. The molecule has 0 spiro atoms. The number of rotatable bonds is 4. The van der Waals surface area contributed by atoms with E-state index < -0.39 is 0 Å². The maximum atomic E-state index is 5.61. The molecule has 0 aromatic carbocycles. The van der Waals surface area contributed by atoms with Crippen molar-refractivity contribution in [2.75, 3.05) is 17.2 Å². The number of aryl methyl sites for hydroxylation is 1. The van der Waals surface area contributed by atoms with Crippen molar-refractivity contribution >= 4 is 11.8 Å². The minimum absolute atomic E-state index is 0.345. The van der Waals surface area contributed by atoms with Crippen molar-refractivity contribution in [1.29, 1.82) is 0 Å². The molecule has 1 rings (SSSR count). The van der Waals surface area contributed by atoms with Crippen molar-refractivity contribution in [3.05, 3.63) is 11.8 Å². The molecule has 0 amide bonds. The molecule has 2 N–H and O–H groups in total. The van der Waals surface area contributed by atoms with Crippen LogP contribution in [0.5, 0.6) is 0 Å². The van der Waals surface area contributed by atoms with Crippen LogP contribution in [0.1, 0.15) is 32.8 Å². The molecule has 0 saturated heterocycles. The third kappa shape index (κ3) is 2.58. The summed E-state index contributed by atoms with van der Waals surface area (Å²) >= 11 is 0. The molecule has 0 bridgehead atoms. The second-order valence-corrected chi connectivity index (χ2v) is 3.78. The van der Waals surface area contributed by atoms with E-state index in [4.69, 9.17) is 5.73 Å². The van der Waals surface area contributed by atoms with Gasteiger partial charge < -0.3 is 10.6 Å². The third-order valence-corrected chi connectivity index (χ3v) is 2.70. The molecule has 15 heavy (non-hydrogen) atoms. The van der Waals surface area contributed by atoms with E-state index in [1.54, 1.807) is 6.20 Å². The largest absolute Gasteiger partial charge is 0.368 e. The summed E-state index contributed by atoms with van der Waals surface area (Å²) in [6.07, 6.45) is 2.87. The first-order valence-electron chi connectivity index (χ1n) is 5.45. The van der Waals surface area contributed by atoms with Gasteiger partial charge in [-0.3, -0.25) is 0 Å². The summed E-state index contributed by atoms with van der Waals surface area (Å²) in [5, 5.41) is 0. The van der Waals surface area contributed by atoms with Gasteiger partial charge in [0.25, 0.3) is 0 Å². The fourth-order valence-corrected chi connectivity index (χ4v) is 1.63. The molecular weight excluding hydrogens is 188 g/mol. The molecule has 4 nitrogen and oxygen atoms in total. The van der Waals surface area contributed by atoms with Gasteiger partial charge in [0.1, 0.15) is 5.82 Å². The molecule has 0 radical (unpaired) electrons. The van der Waals surface area contributed by atoms with E-state index in [0.29, 0.717) is 12.0 Å². The molecule has 1 aromatic rings. The summed E-state index contributed by atoms with van der Waals surface area (Å²) in [6, 6.07) is 0.475. The van der Waals surface area contributed by atoms with Gasteiger partial charge in [0.05, 0.1) is 0 Å². The number of anilines is 2. The minimum atomic E-state index is 0.345. The first-order chi connectivity index (χ1) is 7.10. The number of nitrogen functional groups attached to an aromatic ring is 1. The quantitative estimate of drug-likeness (QED) is 0.822. The average molecular weight is 208 g/mol. The average Bonchev–Trinajstić information content (AvgIpc) is 2.23. The Hall–Kier alpha value is -1.32. The van der Waals surface area contributed by atoms with Crippen molar-refractivity contribution < 1.29 is 0 Å². The Morgan fingerprint density at radius 2 is 2.13 bits per heavy atom. The zero-order chi connectivity index (χ0) is 11.4. The van der Waals surface area contributed by atoms with Crippen molar-refractivity contribution in [3.8, 4) is 0 Å². The summed E-state index contributed by atoms with van der Waals surface area (Å²) in [5.74, 6) is 1.30. The van der Waals surface area contributed by atoms with Crippen LogP contribution < -0.4 is 10.6 Å². The fraction of sp³-hybridized carbons (Fsp3) is 0.636. The summed E-state index contributed by atoms with van der Waals surface area (Å²) in [4.78, 5) is 10.5. The lowest BCUT2D eigenvalue weighted by molar-refractivity contribution is 0.621. The van der Waals surface area contributed by atoms with Crippen LogP contribution >= 0.6 is 0 Å². The summed E-state index contributed by atoms with van der Waals surface area (Å²) in [6.45, 7) is 9.45. The maximum absolute atomic E-state index is 5.61. The van der Waals surface area contributed by atoms with E-state index in [9.17, 15) is 0 Å². The van der Waals surface area contributed by atoms with E-state index in [-0.39, 0.29) is 0 Å². The Labute approximate surface area is 91.5 Å². The number of aromatic nitrogens is 2. The molecule has 84 valence electrons. The van der Waals surface area contributed by atoms with Gasteiger partial charge in [-0.2, -0.15) is 4.98 Å². The van der Waals surface area contributed by atoms with Gasteiger partial charge in [0, 0.05) is 24.3 Å². The van der Waals surface area contributed by atoms with Crippen molar-refractivity contribution in [1.82, 2.24) is 9.97 Å². The molecule has 0 aliphatic heterocycles. The van der Waals surface area contributed by atoms with Crippen molar-refractivity contribution in [2.45, 2.75) is 40.2 Å². The summed E-state index contributed by atoms with van der Waals surface area (Å²) < 4.78 is 0. The van der Waals surface area contributed by atoms with Crippen LogP contribution in [0.2, 0.25) is 0 Å². The Balaban J connectivity index is 3.05. The molecule has 1 atom stereocenters. The van der Waals surface area contributed by atoms with Crippen LogP contribution in [0.3, 0.4) is 0 Å². The maximum Gasteiger partial charge on any atom is 0.221 e. The molecule has 0 fully saturated rings. The first-order valence-corrected chi connectivity index (χ1v) is 5.45. The highest BCUT2D eigenvalue weighted by Crippen LogP contribution is 2.20. The highest BCUT2D eigenvalue weighted by atomic mass is 15.2. The highest BCUT2D eigenvalue weighted by molar-refractivity contribution is 5.48. The number of nitrogens with two attached hydrogens (primary N) is 1. The molecule has 0 aliphatic carbocycles. The van der Waals surface area contributed by atoms with Gasteiger partial charge in [0.2, 0.25) is 5.95 Å². The fourth-order valence-electron chi connectivity index (χ4n) is 1.63. The van der Waals surface area contributed by atoms with Crippen molar-refractivity contribution in [3.63, 3.8) is 0 Å². The van der Waals surface area contributed by atoms with Crippen LogP contribution in [0, 0.1) is 6.92 Å². The SMILES string of the molecule is CCC(C)N(CC)c1nc(N)ncc1C. The number of nitrogens with zero attached hydrogens (tertiary/aromatic N) is 3. The summed E-state index contributed by atoms with van der Waals surface area (Å²) in [7, 11) is 0. The van der Waals surface area contributed by atoms with E-state index >= 15 is 0 Å². The molecule has 1 unspecified atom stereocenters. The van der Waals surface area contributed by atoms with Crippen LogP contribution in [-0.4, -0.2) is 22.6 Å². The van der Waals surface area contributed by atoms with E-state index in [1.165, 1.54) is 0 Å². The Kier molecular flexibility index (Phi) is 3.88. The van der Waals surface area contributed by atoms with E-state index in [0.717, 1.165) is 24.3 Å². The standard InChI is InChI=1S/C11H20N4/c1-5-9(4)15(6-2)10-8(3)7-13-11(12)14-10/h7,9H,5-6H2,1-4H3,(H2,12,13,14). The first kappa shape index (κ1) is 11.8. The molecule has 0 aliphatic rings. The van der Waals surface area contributed by atoms with Crippen molar-refractivity contribution in [2.24, 2.45) is 0 Å². The van der Waals surface area contributed by atoms with Crippen LogP contribution in [0.4, 0.5) is 11.8 Å². The third-order valence-electron chi connectivity index (χ3n) is 2.70. The van der Waals surface area contributed by atoms with Gasteiger partial charge in [0.15, 0.2) is 0 Å². The molecule has 0 saturated carbocycles. The normalized spacial score (nSPS) is 12.5. The zero-order valence-corrected chi connectivity index (χ0v) is 9.99. The topological polar surface area (TPSA) is 55.0 Å². The lowest BCUT2D eigenvalue weighted by Gasteiger charge is -2.29. The lowest BCUT2D eigenvalue weighted by Crippen LogP contribution is -2.33.